The first-order chi connectivity index (χ1) is 12.5. The highest BCUT2D eigenvalue weighted by atomic mass is 35.5. The van der Waals surface area contributed by atoms with Crippen LogP contribution in [-0.2, 0) is 11.3 Å². The summed E-state index contributed by atoms with van der Waals surface area (Å²) in [6.45, 7) is 0.590. The second kappa shape index (κ2) is 8.06. The Morgan fingerprint density at radius 2 is 1.96 bits per heavy atom. The van der Waals surface area contributed by atoms with E-state index < -0.39 is 0 Å². The third-order valence-corrected chi connectivity index (χ3v) is 4.22. The Labute approximate surface area is 157 Å². The quantitative estimate of drug-likeness (QED) is 0.668. The zero-order valence-corrected chi connectivity index (χ0v) is 15.5. The van der Waals surface area contributed by atoms with Gasteiger partial charge in [-0.15, -0.1) is 0 Å². The average Bonchev–Trinajstić information content (AvgIpc) is 2.65. The molecule has 3 aromatic rings. The Morgan fingerprint density at radius 1 is 1.15 bits per heavy atom. The third-order valence-electron chi connectivity index (χ3n) is 3.93. The predicted octanol–water partition coefficient (Wildman–Crippen LogP) is 3.97. The van der Waals surface area contributed by atoms with Gasteiger partial charge in [-0.2, -0.15) is 0 Å². The fourth-order valence-corrected chi connectivity index (χ4v) is 2.72. The van der Waals surface area contributed by atoms with Crippen molar-refractivity contribution in [3.8, 4) is 5.75 Å². The molecule has 0 aliphatic heterocycles. The molecule has 0 fully saturated rings. The number of hydrogen-bond donors (Lipinski definition) is 1. The first kappa shape index (κ1) is 18.0. The van der Waals surface area contributed by atoms with Crippen molar-refractivity contribution in [2.45, 2.75) is 6.54 Å². The molecule has 0 saturated carbocycles. The molecule has 0 bridgehead atoms. The summed E-state index contributed by atoms with van der Waals surface area (Å²) in [6, 6.07) is 17.4. The summed E-state index contributed by atoms with van der Waals surface area (Å²) in [5.41, 5.74) is 1.02. The number of carbonyl (C=O) groups excluding carboxylic acids is 1. The molecule has 2 aromatic carbocycles. The molecule has 0 atom stereocenters. The second-order valence-electron chi connectivity index (χ2n) is 6.10. The number of aromatic nitrogens is 1. The minimum atomic E-state index is -0.0801. The Morgan fingerprint density at radius 3 is 2.77 bits per heavy atom. The number of fused-ring (bicyclic) bond motifs is 1. The summed E-state index contributed by atoms with van der Waals surface area (Å²) in [5.74, 6) is 1.29. The van der Waals surface area contributed by atoms with Crippen molar-refractivity contribution < 1.29 is 9.53 Å². The minimum absolute atomic E-state index is 0.0196. The van der Waals surface area contributed by atoms with Gasteiger partial charge in [-0.25, -0.2) is 4.98 Å². The number of nitrogens with one attached hydrogen (secondary N) is 1. The van der Waals surface area contributed by atoms with Crippen molar-refractivity contribution in [1.82, 2.24) is 9.88 Å². The fraction of sp³-hybridized carbons (Fsp3) is 0.200. The molecular formula is C20H20ClN3O2. The normalized spacial score (nSPS) is 10.6. The van der Waals surface area contributed by atoms with Gasteiger partial charge < -0.3 is 15.0 Å². The van der Waals surface area contributed by atoms with Gasteiger partial charge in [-0.1, -0.05) is 48.0 Å². The topological polar surface area (TPSA) is 54.5 Å². The van der Waals surface area contributed by atoms with E-state index in [4.69, 9.17) is 16.3 Å². The molecule has 1 N–H and O–H groups in total. The van der Waals surface area contributed by atoms with E-state index in [-0.39, 0.29) is 12.5 Å². The first-order valence-electron chi connectivity index (χ1n) is 8.24. The molecule has 0 saturated heterocycles. The van der Waals surface area contributed by atoms with Gasteiger partial charge in [0, 0.05) is 26.0 Å². The highest BCUT2D eigenvalue weighted by molar-refractivity contribution is 6.34. The first-order valence-corrected chi connectivity index (χ1v) is 8.62. The predicted molar refractivity (Wildman–Crippen MR) is 105 cm³/mol. The standard InChI is InChI=1S/C20H20ClN3O2/c1-24(2)19(25)13-26-16-8-5-6-14(10-16)12-22-18-11-15-7-3-4-9-17(15)20(21)23-18/h3-11H,12-13H2,1-2H3,(H,22,23). The maximum atomic E-state index is 11.6. The van der Waals surface area contributed by atoms with E-state index in [1.165, 1.54) is 4.90 Å². The van der Waals surface area contributed by atoms with Gasteiger partial charge in [0.05, 0.1) is 0 Å². The maximum Gasteiger partial charge on any atom is 0.259 e. The number of pyridine rings is 1. The van der Waals surface area contributed by atoms with Crippen LogP contribution in [0.4, 0.5) is 5.82 Å². The molecule has 1 amide bonds. The van der Waals surface area contributed by atoms with Gasteiger partial charge in [0.2, 0.25) is 0 Å². The molecule has 0 unspecified atom stereocenters. The molecule has 0 aliphatic carbocycles. The SMILES string of the molecule is CN(C)C(=O)COc1cccc(CNc2cc3ccccc3c(Cl)n2)c1. The Bertz CT molecular complexity index is 928. The number of amides is 1. The highest BCUT2D eigenvalue weighted by Crippen LogP contribution is 2.24. The highest BCUT2D eigenvalue weighted by Gasteiger charge is 2.06. The van der Waals surface area contributed by atoms with E-state index in [9.17, 15) is 4.79 Å². The lowest BCUT2D eigenvalue weighted by Gasteiger charge is -2.12. The number of hydrogen-bond acceptors (Lipinski definition) is 4. The van der Waals surface area contributed by atoms with Gasteiger partial charge in [0.25, 0.3) is 5.91 Å². The molecule has 5 nitrogen and oxygen atoms in total. The molecule has 0 aliphatic rings. The van der Waals surface area contributed by atoms with Crippen molar-refractivity contribution in [1.29, 1.82) is 0 Å². The summed E-state index contributed by atoms with van der Waals surface area (Å²) < 4.78 is 5.54. The molecule has 1 heterocycles. The molecule has 134 valence electrons. The van der Waals surface area contributed by atoms with Crippen molar-refractivity contribution >= 4 is 34.1 Å². The van der Waals surface area contributed by atoms with E-state index in [0.717, 1.165) is 16.3 Å². The fourth-order valence-electron chi connectivity index (χ4n) is 2.46. The lowest BCUT2D eigenvalue weighted by molar-refractivity contribution is -0.130. The van der Waals surface area contributed by atoms with Crippen molar-refractivity contribution in [2.75, 3.05) is 26.0 Å². The Balaban J connectivity index is 1.66. The maximum absolute atomic E-state index is 11.6. The second-order valence-corrected chi connectivity index (χ2v) is 6.46. The molecule has 26 heavy (non-hydrogen) atoms. The van der Waals surface area contributed by atoms with Gasteiger partial charge >= 0.3 is 0 Å². The van der Waals surface area contributed by atoms with Gasteiger partial charge in [0.15, 0.2) is 6.61 Å². The Kier molecular flexibility index (Phi) is 5.58. The van der Waals surface area contributed by atoms with Crippen LogP contribution in [0.1, 0.15) is 5.56 Å². The average molecular weight is 370 g/mol. The molecular weight excluding hydrogens is 350 g/mol. The summed E-state index contributed by atoms with van der Waals surface area (Å²) in [7, 11) is 3.40. The van der Waals surface area contributed by atoms with Crippen LogP contribution in [0.15, 0.2) is 54.6 Å². The summed E-state index contributed by atoms with van der Waals surface area (Å²) in [6.07, 6.45) is 0. The minimum Gasteiger partial charge on any atom is -0.484 e. The van der Waals surface area contributed by atoms with Crippen LogP contribution in [0.5, 0.6) is 5.75 Å². The van der Waals surface area contributed by atoms with Crippen LogP contribution in [0.25, 0.3) is 10.8 Å². The number of rotatable bonds is 6. The summed E-state index contributed by atoms with van der Waals surface area (Å²) in [5, 5.41) is 5.72. The number of halogens is 1. The smallest absolute Gasteiger partial charge is 0.259 e. The number of nitrogens with zero attached hydrogens (tertiary/aromatic N) is 2. The third kappa shape index (κ3) is 4.43. The van der Waals surface area contributed by atoms with Crippen LogP contribution in [-0.4, -0.2) is 36.5 Å². The number of benzene rings is 2. The molecule has 0 radical (unpaired) electrons. The van der Waals surface area contributed by atoms with Crippen LogP contribution >= 0.6 is 11.6 Å². The van der Waals surface area contributed by atoms with Crippen molar-refractivity contribution in [3.63, 3.8) is 0 Å². The monoisotopic (exact) mass is 369 g/mol. The zero-order chi connectivity index (χ0) is 18.5. The van der Waals surface area contributed by atoms with E-state index in [1.807, 2.05) is 54.6 Å². The van der Waals surface area contributed by atoms with Gasteiger partial charge in [0.1, 0.15) is 16.7 Å². The van der Waals surface area contributed by atoms with E-state index >= 15 is 0 Å². The van der Waals surface area contributed by atoms with E-state index in [2.05, 4.69) is 10.3 Å². The number of likely N-dealkylation sites (N-methyl/N-ethyl adjacent to an activating group) is 1. The van der Waals surface area contributed by atoms with Crippen LogP contribution in [0.2, 0.25) is 5.15 Å². The van der Waals surface area contributed by atoms with Gasteiger partial charge in [-0.05, 0) is 29.1 Å². The van der Waals surface area contributed by atoms with Crippen LogP contribution < -0.4 is 10.1 Å². The van der Waals surface area contributed by atoms with Crippen molar-refractivity contribution in [2.24, 2.45) is 0 Å². The van der Waals surface area contributed by atoms with Crippen LogP contribution in [0, 0.1) is 0 Å². The summed E-state index contributed by atoms with van der Waals surface area (Å²) in [4.78, 5) is 17.5. The largest absolute Gasteiger partial charge is 0.484 e. The molecule has 3 rings (SSSR count). The molecule has 0 spiro atoms. The lowest BCUT2D eigenvalue weighted by Crippen LogP contribution is -2.27. The number of carbonyl (C=O) groups is 1. The summed E-state index contributed by atoms with van der Waals surface area (Å²) >= 11 is 6.26. The Hall–Kier alpha value is -2.79. The number of ether oxygens (including phenoxy) is 1. The molecule has 6 heteroatoms. The van der Waals surface area contributed by atoms with E-state index in [0.29, 0.717) is 23.3 Å². The van der Waals surface area contributed by atoms with E-state index in [1.54, 1.807) is 14.1 Å². The molecule has 1 aromatic heterocycles. The number of anilines is 1. The zero-order valence-electron chi connectivity index (χ0n) is 14.7. The van der Waals surface area contributed by atoms with Crippen LogP contribution in [0.3, 0.4) is 0 Å². The van der Waals surface area contributed by atoms with Gasteiger partial charge in [-0.3, -0.25) is 4.79 Å². The lowest BCUT2D eigenvalue weighted by atomic mass is 10.2. The van der Waals surface area contributed by atoms with Crippen molar-refractivity contribution in [3.05, 3.63) is 65.3 Å².